The van der Waals surface area contributed by atoms with Crippen molar-refractivity contribution in [3.8, 4) is 11.5 Å². The predicted octanol–water partition coefficient (Wildman–Crippen LogP) is 8.39. The minimum absolute atomic E-state index is 0.322. The Hall–Kier alpha value is -4.16. The van der Waals surface area contributed by atoms with Gasteiger partial charge in [0.25, 0.3) is 0 Å². The zero-order valence-electron chi connectivity index (χ0n) is 24.0. The van der Waals surface area contributed by atoms with Crippen LogP contribution in [0.5, 0.6) is 11.5 Å². The van der Waals surface area contributed by atoms with Crippen molar-refractivity contribution < 1.29 is 14.2 Å². The van der Waals surface area contributed by atoms with Crippen molar-refractivity contribution in [1.82, 2.24) is 0 Å². The van der Waals surface area contributed by atoms with Crippen molar-refractivity contribution in [2.75, 3.05) is 32.2 Å². The Morgan fingerprint density at radius 2 is 1.56 bits per heavy atom. The van der Waals surface area contributed by atoms with Crippen molar-refractivity contribution in [2.24, 2.45) is 0 Å². The van der Waals surface area contributed by atoms with E-state index >= 15 is 0 Å². The van der Waals surface area contributed by atoms with Gasteiger partial charge in [0.2, 0.25) is 5.70 Å². The largest absolute Gasteiger partial charge is 0.502 e. The number of anilines is 1. The highest BCUT2D eigenvalue weighted by Crippen LogP contribution is 2.48. The number of hydrogen-bond acceptors (Lipinski definition) is 4. The molecule has 0 saturated heterocycles. The molecule has 0 amide bonds. The number of nitrogens with zero attached hydrogens (tertiary/aromatic N) is 3. The van der Waals surface area contributed by atoms with Crippen molar-refractivity contribution in [1.29, 1.82) is 0 Å². The van der Waals surface area contributed by atoms with Crippen molar-refractivity contribution in [3.63, 3.8) is 0 Å². The van der Waals surface area contributed by atoms with E-state index in [4.69, 9.17) is 27.4 Å². The normalized spacial score (nSPS) is 17.9. The van der Waals surface area contributed by atoms with E-state index in [9.17, 15) is 0 Å². The molecule has 0 spiro atoms. The highest BCUT2D eigenvalue weighted by Gasteiger charge is 2.42. The molecule has 1 heterocycles. The summed E-state index contributed by atoms with van der Waals surface area (Å²) in [6.07, 6.45) is 8.30. The van der Waals surface area contributed by atoms with Gasteiger partial charge < -0.3 is 19.1 Å². The van der Waals surface area contributed by atoms with Crippen LogP contribution in [0.15, 0.2) is 71.3 Å². The monoisotopic (exact) mass is 525 g/mol. The predicted molar refractivity (Wildman–Crippen MR) is 158 cm³/mol. The average Bonchev–Trinajstić information content (AvgIpc) is 3.27. The summed E-state index contributed by atoms with van der Waals surface area (Å²) in [4.78, 5) is 9.77. The maximum atomic E-state index is 7.96. The van der Waals surface area contributed by atoms with Gasteiger partial charge in [-0.05, 0) is 38.3 Å². The third-order valence-corrected chi connectivity index (χ3v) is 7.10. The number of rotatable bonds is 12. The van der Waals surface area contributed by atoms with Crippen LogP contribution in [0.3, 0.4) is 0 Å². The van der Waals surface area contributed by atoms with Gasteiger partial charge in [-0.15, -0.1) is 0 Å². The molecule has 0 saturated carbocycles. The van der Waals surface area contributed by atoms with Crippen molar-refractivity contribution in [2.45, 2.75) is 59.0 Å². The molecule has 1 aliphatic heterocycles. The zero-order valence-corrected chi connectivity index (χ0v) is 24.0. The van der Waals surface area contributed by atoms with Gasteiger partial charge in [0.15, 0.2) is 5.70 Å². The summed E-state index contributed by atoms with van der Waals surface area (Å²) < 4.78 is 18.1. The van der Waals surface area contributed by atoms with Crippen LogP contribution in [0, 0.1) is 13.1 Å². The first-order valence-electron chi connectivity index (χ1n) is 13.5. The highest BCUT2D eigenvalue weighted by atomic mass is 16.5. The van der Waals surface area contributed by atoms with E-state index in [0.717, 1.165) is 55.6 Å². The topological polar surface area (TPSA) is 39.6 Å². The van der Waals surface area contributed by atoms with Gasteiger partial charge >= 0.3 is 0 Å². The molecule has 204 valence electrons. The lowest BCUT2D eigenvalue weighted by molar-refractivity contribution is 0.0748. The fraction of sp³-hybridized carbons (Fsp3) is 0.394. The van der Waals surface area contributed by atoms with Crippen molar-refractivity contribution >= 4 is 11.8 Å². The maximum Gasteiger partial charge on any atom is 0.224 e. The van der Waals surface area contributed by atoms with Gasteiger partial charge in [0, 0.05) is 36.5 Å². The van der Waals surface area contributed by atoms with E-state index in [1.54, 1.807) is 21.1 Å². The van der Waals surface area contributed by atoms with Gasteiger partial charge in [0.05, 0.1) is 32.9 Å². The molecule has 0 aromatic heterocycles. The smallest absolute Gasteiger partial charge is 0.224 e. The third kappa shape index (κ3) is 6.29. The van der Waals surface area contributed by atoms with E-state index in [-0.39, 0.29) is 0 Å². The third-order valence-electron chi connectivity index (χ3n) is 7.10. The molecule has 1 atom stereocenters. The van der Waals surface area contributed by atoms with Crippen molar-refractivity contribution in [3.05, 3.63) is 105 Å². The molecule has 0 fully saturated rings. The first kappa shape index (κ1) is 29.4. The van der Waals surface area contributed by atoms with Crippen LogP contribution in [0.4, 0.5) is 5.69 Å². The average molecular weight is 526 g/mol. The van der Waals surface area contributed by atoms with Crippen LogP contribution < -0.4 is 14.4 Å². The number of unbranched alkanes of at least 4 members (excludes halogenated alkanes) is 2. The van der Waals surface area contributed by atoms with Crippen LogP contribution in [0.2, 0.25) is 0 Å². The summed E-state index contributed by atoms with van der Waals surface area (Å²) in [6.45, 7) is 25.5. The lowest BCUT2D eigenvalue weighted by Crippen LogP contribution is -2.25. The quantitative estimate of drug-likeness (QED) is 0.261. The van der Waals surface area contributed by atoms with Crippen LogP contribution in [-0.4, -0.2) is 27.3 Å². The van der Waals surface area contributed by atoms with Crippen LogP contribution in [-0.2, 0) is 10.3 Å². The Morgan fingerprint density at radius 3 is 2.05 bits per heavy atom. The first-order chi connectivity index (χ1) is 18.9. The number of allylic oxidation sites excluding steroid dienone is 1. The molecule has 3 rings (SSSR count). The first-order valence-corrected chi connectivity index (χ1v) is 13.5. The summed E-state index contributed by atoms with van der Waals surface area (Å²) in [5, 5.41) is 0. The summed E-state index contributed by atoms with van der Waals surface area (Å²) in [7, 11) is 3.32. The Morgan fingerprint density at radius 1 is 0.974 bits per heavy atom. The number of ether oxygens (including phenoxy) is 3. The Balaban J connectivity index is 2.16. The standard InChI is InChI=1S/C33H39N3O3/c1-9-11-20-36(21-12-10-2)26-22-29(37-7)27(30(23-26)38-8)18-19-28-31(35-6)32(24(3)34-5)39-33(28,4)25-16-14-13-15-17-25/h13-19,22-23H,9-12,20-21H2,1-4,7-8H3/b19-18+,32-24+. The Bertz CT molecular complexity index is 1300. The fourth-order valence-corrected chi connectivity index (χ4v) is 4.78. The van der Waals surface area contributed by atoms with E-state index in [0.29, 0.717) is 34.2 Å². The second-order valence-electron chi connectivity index (χ2n) is 9.69. The molecule has 6 heteroatoms. The summed E-state index contributed by atoms with van der Waals surface area (Å²) >= 11 is 0. The van der Waals surface area contributed by atoms with Gasteiger partial charge in [0.1, 0.15) is 22.9 Å². The molecule has 0 radical (unpaired) electrons. The van der Waals surface area contributed by atoms with Crippen LogP contribution in [0.1, 0.15) is 64.5 Å². The summed E-state index contributed by atoms with van der Waals surface area (Å²) in [5.74, 6) is 1.71. The van der Waals surface area contributed by atoms with Gasteiger partial charge in [-0.2, -0.15) is 0 Å². The summed E-state index contributed by atoms with van der Waals surface area (Å²) in [5.41, 5.74) is 3.19. The molecule has 6 nitrogen and oxygen atoms in total. The molecule has 0 N–H and O–H groups in total. The molecule has 2 aromatic rings. The SMILES string of the molecule is [C-]#[N+]C1=C(/C=C/c2c(OC)cc(N(CCCC)CCCC)cc2OC)C(C)(c2ccccc2)O/C1=C(\C)[N+]#[C-]. The molecule has 39 heavy (non-hydrogen) atoms. The van der Waals surface area contributed by atoms with Crippen LogP contribution >= 0.6 is 0 Å². The van der Waals surface area contributed by atoms with E-state index < -0.39 is 5.60 Å². The molecule has 0 aliphatic carbocycles. The number of benzene rings is 2. The van der Waals surface area contributed by atoms with Gasteiger partial charge in [-0.1, -0.05) is 63.1 Å². The van der Waals surface area contributed by atoms with E-state index in [1.165, 1.54) is 0 Å². The number of methoxy groups -OCH3 is 2. The second-order valence-corrected chi connectivity index (χ2v) is 9.69. The molecule has 2 aromatic carbocycles. The van der Waals surface area contributed by atoms with Crippen LogP contribution in [0.25, 0.3) is 15.8 Å². The lowest BCUT2D eigenvalue weighted by atomic mass is 9.87. The minimum Gasteiger partial charge on any atom is -0.502 e. The maximum absolute atomic E-state index is 7.96. The summed E-state index contributed by atoms with van der Waals surface area (Å²) in [6, 6.07) is 13.9. The number of hydrogen-bond donors (Lipinski definition) is 0. The molecular formula is C33H39N3O3. The van der Waals surface area contributed by atoms with E-state index in [2.05, 4.69) is 40.6 Å². The Labute approximate surface area is 233 Å². The molecule has 1 aliphatic rings. The fourth-order valence-electron chi connectivity index (χ4n) is 4.78. The van der Waals surface area contributed by atoms with Gasteiger partial charge in [-0.25, -0.2) is 9.69 Å². The lowest BCUT2D eigenvalue weighted by Gasteiger charge is -2.28. The zero-order chi connectivity index (χ0) is 28.4. The Kier molecular flexibility index (Phi) is 10.2. The minimum atomic E-state index is -0.934. The molecule has 1 unspecified atom stereocenters. The molecule has 0 bridgehead atoms. The molecular weight excluding hydrogens is 486 g/mol. The van der Waals surface area contributed by atoms with E-state index in [1.807, 2.05) is 49.4 Å². The van der Waals surface area contributed by atoms with Gasteiger partial charge in [-0.3, -0.25) is 0 Å². The highest BCUT2D eigenvalue weighted by molar-refractivity contribution is 5.73. The second kappa shape index (κ2) is 13.6.